The molecule has 0 amide bonds. The largest absolute Gasteiger partial charge is 0.478 e. The number of carbonyl (C=O) groups excluding carboxylic acids is 1. The van der Waals surface area contributed by atoms with Crippen LogP contribution < -0.4 is 0 Å². The van der Waals surface area contributed by atoms with Crippen LogP contribution in [0.4, 0.5) is 0 Å². The number of aliphatic hydroxyl groups is 1. The Morgan fingerprint density at radius 2 is 2.00 bits per heavy atom. The molecule has 3 rings (SSSR count). The molecule has 1 aromatic rings. The highest BCUT2D eigenvalue weighted by atomic mass is 16.4. The van der Waals surface area contributed by atoms with Gasteiger partial charge in [-0.05, 0) is 55.5 Å². The van der Waals surface area contributed by atoms with E-state index in [0.717, 1.165) is 30.4 Å². The van der Waals surface area contributed by atoms with Gasteiger partial charge < -0.3 is 10.2 Å². The van der Waals surface area contributed by atoms with Gasteiger partial charge in [0.2, 0.25) is 0 Å². The lowest BCUT2D eigenvalue weighted by molar-refractivity contribution is -0.112. The summed E-state index contributed by atoms with van der Waals surface area (Å²) >= 11 is 0. The summed E-state index contributed by atoms with van der Waals surface area (Å²) in [5.74, 6) is -0.975. The summed E-state index contributed by atoms with van der Waals surface area (Å²) < 4.78 is 0. The molecule has 0 aliphatic heterocycles. The second-order valence-corrected chi connectivity index (χ2v) is 6.63. The predicted octanol–water partition coefficient (Wildman–Crippen LogP) is 3.22. The van der Waals surface area contributed by atoms with Crippen LogP contribution in [-0.4, -0.2) is 28.1 Å². The van der Waals surface area contributed by atoms with Gasteiger partial charge in [-0.2, -0.15) is 0 Å². The van der Waals surface area contributed by atoms with Gasteiger partial charge in [0.1, 0.15) is 0 Å². The van der Waals surface area contributed by atoms with Gasteiger partial charge in [-0.1, -0.05) is 24.6 Å². The van der Waals surface area contributed by atoms with E-state index in [1.807, 2.05) is 6.92 Å². The Bertz CT molecular complexity index is 711. The Balaban J connectivity index is 1.92. The Morgan fingerprint density at radius 1 is 1.30 bits per heavy atom. The topological polar surface area (TPSA) is 74.6 Å². The molecule has 2 aliphatic carbocycles. The summed E-state index contributed by atoms with van der Waals surface area (Å²) in [7, 11) is 0. The zero-order valence-electron chi connectivity index (χ0n) is 13.1. The molecule has 2 aliphatic rings. The van der Waals surface area contributed by atoms with E-state index >= 15 is 0 Å². The zero-order valence-corrected chi connectivity index (χ0v) is 13.1. The van der Waals surface area contributed by atoms with Crippen molar-refractivity contribution in [2.75, 3.05) is 0 Å². The van der Waals surface area contributed by atoms with Crippen LogP contribution in [0.5, 0.6) is 0 Å². The monoisotopic (exact) mass is 312 g/mol. The zero-order chi connectivity index (χ0) is 16.6. The minimum atomic E-state index is -0.969. The van der Waals surface area contributed by atoms with Crippen molar-refractivity contribution in [2.45, 2.75) is 38.7 Å². The fourth-order valence-corrected chi connectivity index (χ4v) is 3.55. The third kappa shape index (κ3) is 2.86. The maximum atomic E-state index is 12.4. The summed E-state index contributed by atoms with van der Waals surface area (Å²) in [6, 6.07) is 6.45. The van der Waals surface area contributed by atoms with Gasteiger partial charge in [0, 0.05) is 11.0 Å². The van der Waals surface area contributed by atoms with Crippen LogP contribution in [0.25, 0.3) is 6.08 Å². The third-order valence-corrected chi connectivity index (χ3v) is 5.07. The molecule has 4 heteroatoms. The van der Waals surface area contributed by atoms with Gasteiger partial charge in [-0.15, -0.1) is 0 Å². The van der Waals surface area contributed by atoms with Gasteiger partial charge in [0.15, 0.2) is 5.78 Å². The first-order chi connectivity index (χ1) is 10.9. The van der Waals surface area contributed by atoms with Crippen LogP contribution in [-0.2, 0) is 4.79 Å². The Morgan fingerprint density at radius 3 is 2.65 bits per heavy atom. The molecule has 0 aromatic heterocycles. The van der Waals surface area contributed by atoms with Crippen LogP contribution >= 0.6 is 0 Å². The molecule has 2 N–H and O–H groups in total. The summed E-state index contributed by atoms with van der Waals surface area (Å²) in [5.41, 5.74) is 2.38. The number of fused-ring (bicyclic) bond motifs is 1. The molecule has 0 saturated heterocycles. The first-order valence-electron chi connectivity index (χ1n) is 7.87. The molecule has 120 valence electrons. The summed E-state index contributed by atoms with van der Waals surface area (Å²) in [6.07, 6.45) is 6.15. The van der Waals surface area contributed by atoms with Gasteiger partial charge in [-0.3, -0.25) is 4.79 Å². The number of aromatic carboxylic acids is 1. The van der Waals surface area contributed by atoms with Crippen LogP contribution in [0, 0.1) is 5.41 Å². The molecular weight excluding hydrogens is 292 g/mol. The van der Waals surface area contributed by atoms with E-state index in [9.17, 15) is 14.7 Å². The molecule has 2 atom stereocenters. The highest BCUT2D eigenvalue weighted by Gasteiger charge is 2.43. The molecule has 0 bridgehead atoms. The van der Waals surface area contributed by atoms with E-state index in [2.05, 4.69) is 0 Å². The molecule has 0 heterocycles. The van der Waals surface area contributed by atoms with Crippen molar-refractivity contribution in [2.24, 2.45) is 5.41 Å². The first-order valence-corrected chi connectivity index (χ1v) is 7.87. The Labute approximate surface area is 135 Å². The quantitative estimate of drug-likeness (QED) is 0.822. The average molecular weight is 312 g/mol. The highest BCUT2D eigenvalue weighted by molar-refractivity contribution is 6.08. The second-order valence-electron chi connectivity index (χ2n) is 6.63. The van der Waals surface area contributed by atoms with Crippen LogP contribution in [0.15, 0.2) is 41.5 Å². The number of ketones is 1. The molecule has 1 aromatic carbocycles. The molecule has 0 spiro atoms. The normalized spacial score (nSPS) is 29.1. The molecule has 1 fully saturated rings. The molecule has 1 saturated carbocycles. The number of allylic oxidation sites excluding steroid dienone is 2. The highest BCUT2D eigenvalue weighted by Crippen LogP contribution is 2.48. The molecule has 0 radical (unpaired) electrons. The van der Waals surface area contributed by atoms with Crippen molar-refractivity contribution in [3.63, 3.8) is 0 Å². The van der Waals surface area contributed by atoms with E-state index in [1.54, 1.807) is 24.3 Å². The van der Waals surface area contributed by atoms with Crippen LogP contribution in [0.1, 0.15) is 48.5 Å². The molecule has 0 unspecified atom stereocenters. The smallest absolute Gasteiger partial charge is 0.335 e. The van der Waals surface area contributed by atoms with E-state index in [0.29, 0.717) is 12.0 Å². The number of carboxylic acids is 1. The number of carbonyl (C=O) groups is 2. The molecular formula is C19H20O4. The Kier molecular flexibility index (Phi) is 3.94. The van der Waals surface area contributed by atoms with E-state index in [4.69, 9.17) is 5.11 Å². The number of benzene rings is 1. The minimum Gasteiger partial charge on any atom is -0.478 e. The minimum absolute atomic E-state index is 0.00566. The molecule has 4 nitrogen and oxygen atoms in total. The third-order valence-electron chi connectivity index (χ3n) is 5.07. The van der Waals surface area contributed by atoms with Crippen molar-refractivity contribution >= 4 is 17.8 Å². The predicted molar refractivity (Wildman–Crippen MR) is 87.1 cm³/mol. The summed E-state index contributed by atoms with van der Waals surface area (Å²) in [5, 5.41) is 19.3. The van der Waals surface area contributed by atoms with Crippen molar-refractivity contribution in [1.82, 2.24) is 0 Å². The van der Waals surface area contributed by atoms with E-state index < -0.39 is 12.1 Å². The first kappa shape index (κ1) is 15.7. The van der Waals surface area contributed by atoms with Crippen molar-refractivity contribution in [3.8, 4) is 0 Å². The maximum absolute atomic E-state index is 12.4. The van der Waals surface area contributed by atoms with Gasteiger partial charge in [0.25, 0.3) is 0 Å². The lowest BCUT2D eigenvalue weighted by Crippen LogP contribution is -2.40. The number of aliphatic hydroxyl groups excluding tert-OH is 1. The summed E-state index contributed by atoms with van der Waals surface area (Å²) in [4.78, 5) is 23.2. The van der Waals surface area contributed by atoms with Gasteiger partial charge >= 0.3 is 5.97 Å². The second kappa shape index (κ2) is 5.78. The van der Waals surface area contributed by atoms with Crippen LogP contribution in [0.2, 0.25) is 0 Å². The van der Waals surface area contributed by atoms with E-state index in [-0.39, 0.29) is 16.8 Å². The van der Waals surface area contributed by atoms with Crippen molar-refractivity contribution in [1.29, 1.82) is 0 Å². The van der Waals surface area contributed by atoms with E-state index in [1.165, 1.54) is 12.1 Å². The standard InChI is InChI=1S/C19H20O4/c1-19-11-14(9-12-5-7-13(8-6-12)18(22)23)16(20)10-15(19)3-2-4-17(19)21/h5-10,17,21H,2-4,11H2,1H3,(H,22,23)/t17-,19-/m0/s1. The number of carboxylic acid groups (broad SMARTS) is 1. The fourth-order valence-electron chi connectivity index (χ4n) is 3.55. The van der Waals surface area contributed by atoms with Gasteiger partial charge in [-0.25, -0.2) is 4.79 Å². The average Bonchev–Trinajstić information content (AvgIpc) is 2.51. The summed E-state index contributed by atoms with van der Waals surface area (Å²) in [6.45, 7) is 2.02. The van der Waals surface area contributed by atoms with Crippen molar-refractivity contribution < 1.29 is 19.8 Å². The number of hydrogen-bond acceptors (Lipinski definition) is 3. The lowest BCUT2D eigenvalue weighted by Gasteiger charge is -2.43. The van der Waals surface area contributed by atoms with Crippen LogP contribution in [0.3, 0.4) is 0 Å². The number of hydrogen-bond donors (Lipinski definition) is 2. The van der Waals surface area contributed by atoms with Crippen molar-refractivity contribution in [3.05, 3.63) is 52.6 Å². The SMILES string of the molecule is C[C@]12CC(=Cc3ccc(C(=O)O)cc3)C(=O)C=C1CCC[C@@H]2O. The lowest BCUT2D eigenvalue weighted by atomic mass is 9.63. The maximum Gasteiger partial charge on any atom is 0.335 e. The Hall–Kier alpha value is -2.20. The molecule has 23 heavy (non-hydrogen) atoms. The number of rotatable bonds is 2. The van der Waals surface area contributed by atoms with Gasteiger partial charge in [0.05, 0.1) is 11.7 Å². The fraction of sp³-hybridized carbons (Fsp3) is 0.368.